The summed E-state index contributed by atoms with van der Waals surface area (Å²) >= 11 is 0. The van der Waals surface area contributed by atoms with Gasteiger partial charge in [-0.2, -0.15) is 0 Å². The van der Waals surface area contributed by atoms with Crippen molar-refractivity contribution >= 4 is 21.9 Å². The zero-order valence-electron chi connectivity index (χ0n) is 16.8. The van der Waals surface area contributed by atoms with Gasteiger partial charge in [0.25, 0.3) is 0 Å². The zero-order valence-corrected chi connectivity index (χ0v) is 17.6. The maximum absolute atomic E-state index is 12.9. The third-order valence-electron chi connectivity index (χ3n) is 5.01. The predicted octanol–water partition coefficient (Wildman–Crippen LogP) is 2.17. The standard InChI is InChI=1S/C20H30N2O5S/c1-4-12-28(25,26)22-11-5-6-17(14-22)20(24)21-18(13-19(23)27-3)16-9-7-15(2)8-10-16/h7-10,17-18H,4-6,11-14H2,1-3H3,(H,21,24)/t17-,18+/m1/s1. The van der Waals surface area contributed by atoms with Gasteiger partial charge < -0.3 is 10.1 Å². The normalized spacial score (nSPS) is 19.0. The Labute approximate surface area is 167 Å². The van der Waals surface area contributed by atoms with Gasteiger partial charge in [-0.15, -0.1) is 0 Å². The van der Waals surface area contributed by atoms with E-state index in [4.69, 9.17) is 4.74 Å². The second kappa shape index (κ2) is 10.0. The van der Waals surface area contributed by atoms with Crippen LogP contribution in [-0.4, -0.2) is 50.6 Å². The molecule has 1 heterocycles. The maximum atomic E-state index is 12.9. The first-order chi connectivity index (χ1) is 13.3. The molecule has 1 aliphatic heterocycles. The molecule has 1 aromatic rings. The molecule has 2 rings (SSSR count). The van der Waals surface area contributed by atoms with Gasteiger partial charge in [-0.05, 0) is 31.7 Å². The monoisotopic (exact) mass is 410 g/mol. The molecule has 1 saturated heterocycles. The number of methoxy groups -OCH3 is 1. The van der Waals surface area contributed by atoms with E-state index < -0.39 is 28.0 Å². The summed E-state index contributed by atoms with van der Waals surface area (Å²) in [5, 5.41) is 2.93. The SMILES string of the molecule is CCCS(=O)(=O)N1CCC[C@@H](C(=O)N[C@@H](CC(=O)OC)c2ccc(C)cc2)C1. The van der Waals surface area contributed by atoms with Crippen molar-refractivity contribution in [3.8, 4) is 0 Å². The maximum Gasteiger partial charge on any atom is 0.307 e. The molecular weight excluding hydrogens is 380 g/mol. The van der Waals surface area contributed by atoms with Crippen LogP contribution in [0.15, 0.2) is 24.3 Å². The van der Waals surface area contributed by atoms with Crippen molar-refractivity contribution in [3.63, 3.8) is 0 Å². The van der Waals surface area contributed by atoms with E-state index in [2.05, 4.69) is 5.32 Å². The summed E-state index contributed by atoms with van der Waals surface area (Å²) in [4.78, 5) is 24.7. The van der Waals surface area contributed by atoms with Crippen molar-refractivity contribution in [1.29, 1.82) is 0 Å². The molecule has 8 heteroatoms. The molecule has 156 valence electrons. The Hall–Kier alpha value is -1.93. The molecule has 0 aromatic heterocycles. The van der Waals surface area contributed by atoms with Crippen LogP contribution in [-0.2, 0) is 24.3 Å². The zero-order chi connectivity index (χ0) is 20.7. The van der Waals surface area contributed by atoms with E-state index in [9.17, 15) is 18.0 Å². The summed E-state index contributed by atoms with van der Waals surface area (Å²) < 4.78 is 30.9. The van der Waals surface area contributed by atoms with Crippen LogP contribution in [0.3, 0.4) is 0 Å². The molecule has 0 radical (unpaired) electrons. The van der Waals surface area contributed by atoms with Crippen LogP contribution in [0.5, 0.6) is 0 Å². The van der Waals surface area contributed by atoms with Gasteiger partial charge in [0, 0.05) is 13.1 Å². The highest BCUT2D eigenvalue weighted by atomic mass is 32.2. The number of esters is 1. The lowest BCUT2D eigenvalue weighted by Gasteiger charge is -2.32. The fourth-order valence-corrected chi connectivity index (χ4v) is 4.98. The van der Waals surface area contributed by atoms with Crippen LogP contribution in [0.1, 0.15) is 49.8 Å². The van der Waals surface area contributed by atoms with Crippen LogP contribution >= 0.6 is 0 Å². The topological polar surface area (TPSA) is 92.8 Å². The number of ether oxygens (including phenoxy) is 1. The summed E-state index contributed by atoms with van der Waals surface area (Å²) in [6.07, 6.45) is 1.84. The Morgan fingerprint density at radius 3 is 2.57 bits per heavy atom. The van der Waals surface area contributed by atoms with Crippen molar-refractivity contribution in [2.24, 2.45) is 5.92 Å². The van der Waals surface area contributed by atoms with Crippen LogP contribution in [0.2, 0.25) is 0 Å². The molecule has 1 aromatic carbocycles. The number of carbonyl (C=O) groups excluding carboxylic acids is 2. The Morgan fingerprint density at radius 2 is 1.96 bits per heavy atom. The molecule has 0 aliphatic carbocycles. The van der Waals surface area contributed by atoms with Gasteiger partial charge in [-0.25, -0.2) is 12.7 Å². The van der Waals surface area contributed by atoms with Crippen LogP contribution in [0, 0.1) is 12.8 Å². The van der Waals surface area contributed by atoms with E-state index in [1.807, 2.05) is 38.1 Å². The number of aryl methyl sites for hydroxylation is 1. The first kappa shape index (κ1) is 22.4. The molecule has 1 amide bonds. The van der Waals surface area contributed by atoms with Crippen molar-refractivity contribution in [1.82, 2.24) is 9.62 Å². The van der Waals surface area contributed by atoms with Crippen LogP contribution in [0.4, 0.5) is 0 Å². The van der Waals surface area contributed by atoms with E-state index in [0.717, 1.165) is 11.1 Å². The first-order valence-corrected chi connectivity index (χ1v) is 11.3. The lowest BCUT2D eigenvalue weighted by molar-refractivity contribution is -0.141. The van der Waals surface area contributed by atoms with Crippen molar-refractivity contribution in [2.75, 3.05) is 26.0 Å². The minimum atomic E-state index is -3.33. The number of hydrogen-bond donors (Lipinski definition) is 1. The number of benzene rings is 1. The number of carbonyl (C=O) groups is 2. The molecule has 1 N–H and O–H groups in total. The number of nitrogens with one attached hydrogen (secondary N) is 1. The third kappa shape index (κ3) is 6.04. The average Bonchev–Trinajstić information content (AvgIpc) is 2.68. The van der Waals surface area contributed by atoms with E-state index in [-0.39, 0.29) is 24.6 Å². The Balaban J connectivity index is 2.11. The molecular formula is C20H30N2O5S. The Bertz CT molecular complexity index is 776. The molecule has 1 aliphatic rings. The molecule has 0 unspecified atom stereocenters. The van der Waals surface area contributed by atoms with Crippen molar-refractivity contribution in [3.05, 3.63) is 35.4 Å². The summed E-state index contributed by atoms with van der Waals surface area (Å²) in [5.74, 6) is -0.978. The second-order valence-electron chi connectivity index (χ2n) is 7.27. The number of amides is 1. The van der Waals surface area contributed by atoms with Gasteiger partial charge in [-0.1, -0.05) is 36.8 Å². The van der Waals surface area contributed by atoms with Gasteiger partial charge in [0.1, 0.15) is 0 Å². The van der Waals surface area contributed by atoms with Gasteiger partial charge >= 0.3 is 5.97 Å². The van der Waals surface area contributed by atoms with E-state index in [0.29, 0.717) is 25.8 Å². The molecule has 2 atom stereocenters. The minimum absolute atomic E-state index is 0.0237. The third-order valence-corrected chi connectivity index (χ3v) is 7.05. The minimum Gasteiger partial charge on any atom is -0.469 e. The highest BCUT2D eigenvalue weighted by Crippen LogP contribution is 2.23. The van der Waals surface area contributed by atoms with Gasteiger partial charge in [0.05, 0.1) is 31.2 Å². The quantitative estimate of drug-likeness (QED) is 0.663. The largest absolute Gasteiger partial charge is 0.469 e. The van der Waals surface area contributed by atoms with Gasteiger partial charge in [0.2, 0.25) is 15.9 Å². The molecule has 7 nitrogen and oxygen atoms in total. The first-order valence-electron chi connectivity index (χ1n) is 9.68. The highest BCUT2D eigenvalue weighted by molar-refractivity contribution is 7.89. The van der Waals surface area contributed by atoms with E-state index in [1.54, 1.807) is 0 Å². The summed E-state index contributed by atoms with van der Waals surface area (Å²) in [6.45, 7) is 4.43. The van der Waals surface area contributed by atoms with E-state index >= 15 is 0 Å². The summed E-state index contributed by atoms with van der Waals surface area (Å²) in [6, 6.07) is 7.09. The highest BCUT2D eigenvalue weighted by Gasteiger charge is 2.33. The molecule has 0 spiro atoms. The fourth-order valence-electron chi connectivity index (χ4n) is 3.39. The van der Waals surface area contributed by atoms with E-state index in [1.165, 1.54) is 11.4 Å². The van der Waals surface area contributed by atoms with Gasteiger partial charge in [0.15, 0.2) is 0 Å². The summed E-state index contributed by atoms with van der Waals surface area (Å²) in [7, 11) is -2.02. The number of rotatable bonds is 8. The average molecular weight is 411 g/mol. The number of sulfonamides is 1. The number of nitrogens with zero attached hydrogens (tertiary/aromatic N) is 1. The lowest BCUT2D eigenvalue weighted by atomic mass is 9.96. The van der Waals surface area contributed by atoms with Crippen LogP contribution in [0.25, 0.3) is 0 Å². The Kier molecular flexibility index (Phi) is 8.00. The smallest absolute Gasteiger partial charge is 0.307 e. The molecule has 28 heavy (non-hydrogen) atoms. The molecule has 0 saturated carbocycles. The number of piperidine rings is 1. The lowest BCUT2D eigenvalue weighted by Crippen LogP contribution is -2.46. The Morgan fingerprint density at radius 1 is 1.29 bits per heavy atom. The fraction of sp³-hybridized carbons (Fsp3) is 0.600. The molecule has 1 fully saturated rings. The van der Waals surface area contributed by atoms with Crippen molar-refractivity contribution in [2.45, 2.75) is 45.6 Å². The van der Waals surface area contributed by atoms with Crippen molar-refractivity contribution < 1.29 is 22.7 Å². The predicted molar refractivity (Wildman–Crippen MR) is 107 cm³/mol. The van der Waals surface area contributed by atoms with Gasteiger partial charge in [-0.3, -0.25) is 9.59 Å². The number of hydrogen-bond acceptors (Lipinski definition) is 5. The molecule has 0 bridgehead atoms. The summed E-state index contributed by atoms with van der Waals surface area (Å²) in [5.41, 5.74) is 1.89. The van der Waals surface area contributed by atoms with Crippen LogP contribution < -0.4 is 5.32 Å². The second-order valence-corrected chi connectivity index (χ2v) is 9.35.